The number of hydrogen-bond donors (Lipinski definition) is 0. The second kappa shape index (κ2) is 5.47. The van der Waals surface area contributed by atoms with Gasteiger partial charge in [-0.1, -0.05) is 53.9 Å². The van der Waals surface area contributed by atoms with E-state index in [2.05, 4.69) is 35.3 Å². The monoisotopic (exact) mass is 223 g/mol. The van der Waals surface area contributed by atoms with E-state index in [4.69, 9.17) is 0 Å². The molecule has 0 aliphatic carbocycles. The van der Waals surface area contributed by atoms with Gasteiger partial charge in [-0.15, -0.1) is 0 Å². The Morgan fingerprint density at radius 1 is 1.29 bits per heavy atom. The van der Waals surface area contributed by atoms with E-state index in [0.29, 0.717) is 0 Å². The maximum Gasteiger partial charge on any atom is 0.124 e. The zero-order valence-electron chi connectivity index (χ0n) is 7.98. The van der Waals surface area contributed by atoms with Gasteiger partial charge >= 0.3 is 0 Å². The highest BCUT2D eigenvalue weighted by Crippen LogP contribution is 2.22. The van der Waals surface area contributed by atoms with Crippen LogP contribution in [-0.2, 0) is 6.42 Å². The number of aryl methyl sites for hydroxylation is 1. The highest BCUT2D eigenvalue weighted by molar-refractivity contribution is 8.39. The van der Waals surface area contributed by atoms with Crippen molar-refractivity contribution >= 4 is 27.9 Å². The lowest BCUT2D eigenvalue weighted by molar-refractivity contribution is 1.16. The number of hydrogen-bond acceptors (Lipinski definition) is 3. The third-order valence-electron chi connectivity index (χ3n) is 2.02. The minimum Gasteiger partial charge on any atom is -0.271 e. The lowest BCUT2D eigenvalue weighted by Crippen LogP contribution is -1.90. The van der Waals surface area contributed by atoms with Crippen LogP contribution >= 0.6 is 23.5 Å². The van der Waals surface area contributed by atoms with Crippen LogP contribution in [0.15, 0.2) is 35.3 Å². The maximum absolute atomic E-state index is 4.41. The summed E-state index contributed by atoms with van der Waals surface area (Å²) in [6.07, 6.45) is 1.14. The highest BCUT2D eigenvalue weighted by Gasteiger charge is 2.06. The summed E-state index contributed by atoms with van der Waals surface area (Å²) in [7, 11) is 0. The molecule has 1 nitrogen and oxygen atoms in total. The van der Waals surface area contributed by atoms with Gasteiger partial charge in [0.25, 0.3) is 0 Å². The van der Waals surface area contributed by atoms with E-state index in [9.17, 15) is 0 Å². The van der Waals surface area contributed by atoms with E-state index in [1.54, 1.807) is 0 Å². The molecule has 0 amide bonds. The first kappa shape index (κ1) is 10.1. The van der Waals surface area contributed by atoms with Crippen molar-refractivity contribution in [2.24, 2.45) is 4.99 Å². The smallest absolute Gasteiger partial charge is 0.124 e. The fourth-order valence-electron chi connectivity index (χ4n) is 1.30. The number of rotatable bonds is 3. The molecule has 0 saturated carbocycles. The Morgan fingerprint density at radius 3 is 2.86 bits per heavy atom. The minimum atomic E-state index is 1.01. The van der Waals surface area contributed by atoms with Crippen molar-refractivity contribution in [1.29, 1.82) is 0 Å². The molecular weight excluding hydrogens is 210 g/mol. The predicted molar refractivity (Wildman–Crippen MR) is 67.4 cm³/mol. The van der Waals surface area contributed by atoms with Gasteiger partial charge in [-0.25, -0.2) is 0 Å². The van der Waals surface area contributed by atoms with Crippen LogP contribution in [0.4, 0.5) is 0 Å². The van der Waals surface area contributed by atoms with Crippen LogP contribution in [-0.4, -0.2) is 22.4 Å². The van der Waals surface area contributed by atoms with Crippen molar-refractivity contribution in [2.75, 3.05) is 18.1 Å². The Kier molecular flexibility index (Phi) is 3.95. The molecule has 2 rings (SSSR count). The molecule has 0 N–H and O–H groups in total. The standard InChI is InChI=1S/C11H13NS2/c1-2-4-10(5-3-1)6-8-13-11-12-7-9-14-11/h1-5H,6-9H2. The first-order valence-corrected chi connectivity index (χ1v) is 6.76. The summed E-state index contributed by atoms with van der Waals surface area (Å²) in [5.74, 6) is 2.32. The second-order valence-corrected chi connectivity index (χ2v) is 5.51. The molecule has 0 radical (unpaired) electrons. The molecule has 0 unspecified atom stereocenters. The molecule has 0 fully saturated rings. The molecule has 74 valence electrons. The van der Waals surface area contributed by atoms with Gasteiger partial charge in [0.15, 0.2) is 0 Å². The highest BCUT2D eigenvalue weighted by atomic mass is 32.2. The van der Waals surface area contributed by atoms with Gasteiger partial charge in [0, 0.05) is 11.5 Å². The molecule has 14 heavy (non-hydrogen) atoms. The molecular formula is C11H13NS2. The first-order valence-electron chi connectivity index (χ1n) is 4.79. The molecule has 1 heterocycles. The Hall–Kier alpha value is -0.410. The molecule has 0 spiro atoms. The van der Waals surface area contributed by atoms with Crippen molar-refractivity contribution in [3.63, 3.8) is 0 Å². The van der Waals surface area contributed by atoms with E-state index in [1.165, 1.54) is 15.7 Å². The van der Waals surface area contributed by atoms with Gasteiger partial charge in [-0.3, -0.25) is 4.99 Å². The average Bonchev–Trinajstić information content (AvgIpc) is 2.72. The Balaban J connectivity index is 1.73. The fourth-order valence-corrected chi connectivity index (χ4v) is 3.37. The maximum atomic E-state index is 4.41. The molecule has 0 atom stereocenters. The lowest BCUT2D eigenvalue weighted by atomic mass is 10.2. The minimum absolute atomic E-state index is 1.01. The van der Waals surface area contributed by atoms with Crippen LogP contribution < -0.4 is 0 Å². The normalized spacial score (nSPS) is 15.6. The number of aliphatic imine (C=N–C) groups is 1. The van der Waals surface area contributed by atoms with Gasteiger partial charge in [0.05, 0.1) is 6.54 Å². The molecule has 3 heteroatoms. The second-order valence-electron chi connectivity index (χ2n) is 3.08. The molecule has 1 aromatic carbocycles. The first-order chi connectivity index (χ1) is 6.95. The zero-order chi connectivity index (χ0) is 9.64. The largest absolute Gasteiger partial charge is 0.271 e. The average molecular weight is 223 g/mol. The van der Waals surface area contributed by atoms with Crippen molar-refractivity contribution in [1.82, 2.24) is 0 Å². The molecule has 0 bridgehead atoms. The summed E-state index contributed by atoms with van der Waals surface area (Å²) in [6.45, 7) is 1.01. The van der Waals surface area contributed by atoms with Crippen molar-refractivity contribution in [3.8, 4) is 0 Å². The summed E-state index contributed by atoms with van der Waals surface area (Å²) < 4.78 is 1.28. The van der Waals surface area contributed by atoms with E-state index >= 15 is 0 Å². The van der Waals surface area contributed by atoms with E-state index in [0.717, 1.165) is 18.7 Å². The molecule has 1 aliphatic rings. The number of benzene rings is 1. The topological polar surface area (TPSA) is 12.4 Å². The zero-order valence-corrected chi connectivity index (χ0v) is 9.61. The summed E-state index contributed by atoms with van der Waals surface area (Å²) in [4.78, 5) is 4.41. The predicted octanol–water partition coefficient (Wildman–Crippen LogP) is 3.07. The van der Waals surface area contributed by atoms with Gasteiger partial charge in [0.2, 0.25) is 0 Å². The quantitative estimate of drug-likeness (QED) is 0.781. The van der Waals surface area contributed by atoms with Crippen LogP contribution in [0.5, 0.6) is 0 Å². The molecule has 1 aromatic rings. The third kappa shape index (κ3) is 3.07. The molecule has 0 aromatic heterocycles. The van der Waals surface area contributed by atoms with Crippen molar-refractivity contribution in [2.45, 2.75) is 6.42 Å². The van der Waals surface area contributed by atoms with Gasteiger partial charge in [0.1, 0.15) is 4.38 Å². The Bertz CT molecular complexity index is 308. The van der Waals surface area contributed by atoms with E-state index < -0.39 is 0 Å². The van der Waals surface area contributed by atoms with Crippen LogP contribution in [0, 0.1) is 0 Å². The van der Waals surface area contributed by atoms with E-state index in [1.807, 2.05) is 23.5 Å². The SMILES string of the molecule is c1ccc(CCSC2=NCCS2)cc1. The van der Waals surface area contributed by atoms with Gasteiger partial charge in [-0.05, 0) is 12.0 Å². The van der Waals surface area contributed by atoms with Crippen LogP contribution in [0.1, 0.15) is 5.56 Å². The van der Waals surface area contributed by atoms with Crippen LogP contribution in [0.2, 0.25) is 0 Å². The van der Waals surface area contributed by atoms with E-state index in [-0.39, 0.29) is 0 Å². The summed E-state index contributed by atoms with van der Waals surface area (Å²) in [5, 5.41) is 0. The molecule has 1 aliphatic heterocycles. The lowest BCUT2D eigenvalue weighted by Gasteiger charge is -2.00. The number of nitrogens with zero attached hydrogens (tertiary/aromatic N) is 1. The summed E-state index contributed by atoms with van der Waals surface area (Å²) >= 11 is 3.78. The summed E-state index contributed by atoms with van der Waals surface area (Å²) in [6, 6.07) is 10.6. The van der Waals surface area contributed by atoms with Crippen molar-refractivity contribution in [3.05, 3.63) is 35.9 Å². The number of thioether (sulfide) groups is 2. The van der Waals surface area contributed by atoms with Gasteiger partial charge in [-0.2, -0.15) is 0 Å². The van der Waals surface area contributed by atoms with Crippen LogP contribution in [0.25, 0.3) is 0 Å². The Morgan fingerprint density at radius 2 is 2.14 bits per heavy atom. The van der Waals surface area contributed by atoms with Crippen molar-refractivity contribution < 1.29 is 0 Å². The Labute approximate surface area is 93.4 Å². The van der Waals surface area contributed by atoms with Gasteiger partial charge < -0.3 is 0 Å². The fraction of sp³-hybridized carbons (Fsp3) is 0.364. The third-order valence-corrected chi connectivity index (χ3v) is 4.27. The van der Waals surface area contributed by atoms with Crippen LogP contribution in [0.3, 0.4) is 0 Å². The molecule has 0 saturated heterocycles. The summed E-state index contributed by atoms with van der Waals surface area (Å²) in [5.41, 5.74) is 1.42.